The maximum Gasteiger partial charge on any atom is 0.177 e. The van der Waals surface area contributed by atoms with E-state index in [1.54, 1.807) is 24.7 Å². The number of hydrogen-bond acceptors (Lipinski definition) is 4. The van der Waals surface area contributed by atoms with Crippen LogP contribution in [-0.2, 0) is 9.84 Å². The Labute approximate surface area is 129 Å². The molecule has 1 aromatic carbocycles. The fraction of sp³-hybridized carbons (Fsp3) is 0.125. The van der Waals surface area contributed by atoms with Crippen LogP contribution in [0.15, 0.2) is 60.0 Å². The molecule has 0 amide bonds. The van der Waals surface area contributed by atoms with Crippen LogP contribution in [0.2, 0.25) is 0 Å². The summed E-state index contributed by atoms with van der Waals surface area (Å²) in [5, 5.41) is 0. The van der Waals surface area contributed by atoms with Crippen LogP contribution in [0.1, 0.15) is 5.56 Å². The molecule has 0 aliphatic rings. The predicted octanol–water partition coefficient (Wildman–Crippen LogP) is 2.65. The molecule has 0 fully saturated rings. The third-order valence-electron chi connectivity index (χ3n) is 3.38. The SMILES string of the molecule is Cc1ccc(-c2cncn2-c2ccc(S(C)(=O)=O)cn2)cc1. The first-order valence-corrected chi connectivity index (χ1v) is 8.60. The van der Waals surface area contributed by atoms with Gasteiger partial charge in [0.15, 0.2) is 9.84 Å². The highest BCUT2D eigenvalue weighted by atomic mass is 32.2. The summed E-state index contributed by atoms with van der Waals surface area (Å²) in [6.45, 7) is 2.03. The van der Waals surface area contributed by atoms with Crippen LogP contribution in [0.3, 0.4) is 0 Å². The zero-order valence-corrected chi connectivity index (χ0v) is 13.1. The van der Waals surface area contributed by atoms with Crippen molar-refractivity contribution < 1.29 is 8.42 Å². The molecule has 0 aliphatic heterocycles. The third kappa shape index (κ3) is 2.78. The summed E-state index contributed by atoms with van der Waals surface area (Å²) < 4.78 is 24.8. The minimum atomic E-state index is -3.24. The van der Waals surface area contributed by atoms with Crippen molar-refractivity contribution in [3.63, 3.8) is 0 Å². The lowest BCUT2D eigenvalue weighted by Gasteiger charge is -2.08. The number of imidazole rings is 1. The van der Waals surface area contributed by atoms with Gasteiger partial charge in [-0.2, -0.15) is 0 Å². The zero-order valence-electron chi connectivity index (χ0n) is 12.3. The van der Waals surface area contributed by atoms with E-state index in [1.807, 2.05) is 35.8 Å². The molecule has 0 saturated heterocycles. The van der Waals surface area contributed by atoms with Gasteiger partial charge in [0.25, 0.3) is 0 Å². The van der Waals surface area contributed by atoms with Crippen LogP contribution in [0, 0.1) is 6.92 Å². The largest absolute Gasteiger partial charge is 0.283 e. The Hall–Kier alpha value is -2.47. The number of benzene rings is 1. The summed E-state index contributed by atoms with van der Waals surface area (Å²) in [7, 11) is -3.24. The predicted molar refractivity (Wildman–Crippen MR) is 84.6 cm³/mol. The van der Waals surface area contributed by atoms with Crippen molar-refractivity contribution in [1.29, 1.82) is 0 Å². The summed E-state index contributed by atoms with van der Waals surface area (Å²) in [5.74, 6) is 0.625. The van der Waals surface area contributed by atoms with Crippen molar-refractivity contribution in [2.24, 2.45) is 0 Å². The maximum atomic E-state index is 11.5. The lowest BCUT2D eigenvalue weighted by molar-refractivity contribution is 0.601. The fourth-order valence-corrected chi connectivity index (χ4v) is 2.71. The molecule has 22 heavy (non-hydrogen) atoms. The monoisotopic (exact) mass is 313 g/mol. The molecule has 0 aliphatic carbocycles. The van der Waals surface area contributed by atoms with E-state index in [0.29, 0.717) is 5.82 Å². The Balaban J connectivity index is 2.03. The summed E-state index contributed by atoms with van der Waals surface area (Å²) in [4.78, 5) is 8.61. The molecule has 0 spiro atoms. The van der Waals surface area contributed by atoms with Crippen LogP contribution in [0.25, 0.3) is 17.1 Å². The number of pyridine rings is 1. The highest BCUT2D eigenvalue weighted by molar-refractivity contribution is 7.90. The fourth-order valence-electron chi connectivity index (χ4n) is 2.15. The standard InChI is InChI=1S/C16H15N3O2S/c1-12-3-5-13(6-4-12)15-10-17-11-19(15)16-8-7-14(9-18-16)22(2,20)21/h3-11H,1-2H3. The first-order valence-electron chi connectivity index (χ1n) is 6.71. The van der Waals surface area contributed by atoms with Gasteiger partial charge in [-0.15, -0.1) is 0 Å². The number of aryl methyl sites for hydroxylation is 1. The van der Waals surface area contributed by atoms with E-state index in [2.05, 4.69) is 9.97 Å². The zero-order chi connectivity index (χ0) is 15.7. The topological polar surface area (TPSA) is 64.8 Å². The van der Waals surface area contributed by atoms with E-state index >= 15 is 0 Å². The number of hydrogen-bond donors (Lipinski definition) is 0. The normalized spacial score (nSPS) is 11.5. The van der Waals surface area contributed by atoms with E-state index in [1.165, 1.54) is 18.0 Å². The molecule has 0 saturated carbocycles. The Morgan fingerprint density at radius 3 is 2.32 bits per heavy atom. The second-order valence-corrected chi connectivity index (χ2v) is 7.15. The van der Waals surface area contributed by atoms with E-state index in [4.69, 9.17) is 0 Å². The van der Waals surface area contributed by atoms with Crippen molar-refractivity contribution >= 4 is 9.84 Å². The molecule has 0 radical (unpaired) electrons. The van der Waals surface area contributed by atoms with Crippen LogP contribution in [0.4, 0.5) is 0 Å². The van der Waals surface area contributed by atoms with E-state index < -0.39 is 9.84 Å². The van der Waals surface area contributed by atoms with Crippen molar-refractivity contribution in [3.8, 4) is 17.1 Å². The summed E-state index contributed by atoms with van der Waals surface area (Å²) in [6.07, 6.45) is 5.96. The average Bonchev–Trinajstić information content (AvgIpc) is 2.97. The van der Waals surface area contributed by atoms with Gasteiger partial charge in [0, 0.05) is 18.0 Å². The van der Waals surface area contributed by atoms with Gasteiger partial charge in [-0.25, -0.2) is 18.4 Å². The van der Waals surface area contributed by atoms with Crippen LogP contribution in [-0.4, -0.2) is 29.2 Å². The molecule has 112 valence electrons. The highest BCUT2D eigenvalue weighted by Gasteiger charge is 2.11. The Bertz CT molecular complexity index is 895. The Kier molecular flexibility index (Phi) is 3.54. The smallest absolute Gasteiger partial charge is 0.177 e. The highest BCUT2D eigenvalue weighted by Crippen LogP contribution is 2.22. The van der Waals surface area contributed by atoms with Gasteiger partial charge in [-0.3, -0.25) is 4.57 Å². The second-order valence-electron chi connectivity index (χ2n) is 5.14. The molecule has 0 bridgehead atoms. The van der Waals surface area contributed by atoms with Gasteiger partial charge >= 0.3 is 0 Å². The van der Waals surface area contributed by atoms with Gasteiger partial charge in [0.2, 0.25) is 0 Å². The van der Waals surface area contributed by atoms with Crippen molar-refractivity contribution in [3.05, 3.63) is 60.7 Å². The van der Waals surface area contributed by atoms with Crippen molar-refractivity contribution in [2.75, 3.05) is 6.26 Å². The van der Waals surface area contributed by atoms with E-state index in [-0.39, 0.29) is 4.90 Å². The molecule has 0 unspecified atom stereocenters. The molecule has 5 nitrogen and oxygen atoms in total. The molecule has 0 atom stereocenters. The molecule has 3 rings (SSSR count). The van der Waals surface area contributed by atoms with Gasteiger partial charge in [0.05, 0.1) is 16.8 Å². The van der Waals surface area contributed by atoms with E-state index in [0.717, 1.165) is 11.3 Å². The second kappa shape index (κ2) is 5.38. The minimum absolute atomic E-state index is 0.202. The molecule has 2 aromatic heterocycles. The molecule has 3 aromatic rings. The quantitative estimate of drug-likeness (QED) is 0.745. The number of aromatic nitrogens is 3. The minimum Gasteiger partial charge on any atom is -0.283 e. The Morgan fingerprint density at radius 2 is 1.73 bits per heavy atom. The first kappa shape index (κ1) is 14.5. The molecule has 2 heterocycles. The van der Waals surface area contributed by atoms with E-state index in [9.17, 15) is 8.42 Å². The molecular weight excluding hydrogens is 298 g/mol. The average molecular weight is 313 g/mol. The van der Waals surface area contributed by atoms with Gasteiger partial charge < -0.3 is 0 Å². The maximum absolute atomic E-state index is 11.5. The lowest BCUT2D eigenvalue weighted by atomic mass is 10.1. The summed E-state index contributed by atoms with van der Waals surface area (Å²) >= 11 is 0. The van der Waals surface area contributed by atoms with Gasteiger partial charge in [-0.1, -0.05) is 29.8 Å². The van der Waals surface area contributed by atoms with Crippen LogP contribution >= 0.6 is 0 Å². The van der Waals surface area contributed by atoms with Gasteiger partial charge in [0.1, 0.15) is 12.1 Å². The number of sulfone groups is 1. The summed E-state index contributed by atoms with van der Waals surface area (Å²) in [5.41, 5.74) is 3.11. The number of nitrogens with zero attached hydrogens (tertiary/aromatic N) is 3. The van der Waals surface area contributed by atoms with Gasteiger partial charge in [-0.05, 0) is 19.1 Å². The molecular formula is C16H15N3O2S. The van der Waals surface area contributed by atoms with Crippen LogP contribution < -0.4 is 0 Å². The Morgan fingerprint density at radius 1 is 1.00 bits per heavy atom. The third-order valence-corrected chi connectivity index (χ3v) is 4.48. The lowest BCUT2D eigenvalue weighted by Crippen LogP contribution is -2.02. The summed E-state index contributed by atoms with van der Waals surface area (Å²) in [6, 6.07) is 11.3. The van der Waals surface area contributed by atoms with Crippen molar-refractivity contribution in [2.45, 2.75) is 11.8 Å². The van der Waals surface area contributed by atoms with Crippen LogP contribution in [0.5, 0.6) is 0 Å². The number of rotatable bonds is 3. The first-order chi connectivity index (χ1) is 10.4. The molecule has 0 N–H and O–H groups in total. The molecule has 6 heteroatoms. The van der Waals surface area contributed by atoms with Crippen molar-refractivity contribution in [1.82, 2.24) is 14.5 Å².